The summed E-state index contributed by atoms with van der Waals surface area (Å²) in [4.78, 5) is 14.3. The van der Waals surface area contributed by atoms with Crippen molar-refractivity contribution in [3.8, 4) is 17.3 Å². The van der Waals surface area contributed by atoms with Crippen molar-refractivity contribution in [2.24, 2.45) is 0 Å². The van der Waals surface area contributed by atoms with E-state index in [9.17, 15) is 23.2 Å². The molecule has 5 rings (SSSR count). The van der Waals surface area contributed by atoms with Crippen molar-refractivity contribution in [3.63, 3.8) is 0 Å². The summed E-state index contributed by atoms with van der Waals surface area (Å²) < 4.78 is 44.7. The predicted molar refractivity (Wildman–Crippen MR) is 132 cm³/mol. The number of halogens is 3. The molecule has 0 spiro atoms. The van der Waals surface area contributed by atoms with Crippen LogP contribution < -0.4 is 10.2 Å². The summed E-state index contributed by atoms with van der Waals surface area (Å²) in [5.74, 6) is 0. The number of fused-ring (bicyclic) bond motifs is 1. The van der Waals surface area contributed by atoms with Crippen molar-refractivity contribution in [2.45, 2.75) is 57.3 Å². The molecule has 188 valence electrons. The third-order valence-electron chi connectivity index (χ3n) is 7.16. The fourth-order valence-electron chi connectivity index (χ4n) is 4.98. The lowest BCUT2D eigenvalue weighted by Crippen LogP contribution is -2.32. The van der Waals surface area contributed by atoms with E-state index >= 15 is 0 Å². The Kier molecular flexibility index (Phi) is 6.29. The van der Waals surface area contributed by atoms with Crippen molar-refractivity contribution in [1.29, 1.82) is 5.26 Å². The Morgan fingerprint density at radius 2 is 1.81 bits per heavy atom. The van der Waals surface area contributed by atoms with Crippen LogP contribution in [-0.2, 0) is 4.74 Å². The fraction of sp³-hybridized carbons (Fsp3) is 0.407. The number of carbonyl (C=O) groups excluding carboxylic acids is 1. The van der Waals surface area contributed by atoms with Gasteiger partial charge in [0.25, 0.3) is 0 Å². The van der Waals surface area contributed by atoms with E-state index in [4.69, 9.17) is 0 Å². The standard InChI is InChI=1S/C27H27F3N4O2/c1-17(27(28,29)30)36-26(35)32-19-9-7-18(8-10-19)25-23(16-31)22-12-11-21(33-13-2-3-14-33)15-24(22)34(25)20-5-4-6-20/h7-12,15,17,20H,2-6,13-14H2,1H3,(H,32,35)/t17-/m1/s1. The zero-order chi connectivity index (χ0) is 25.4. The predicted octanol–water partition coefficient (Wildman–Crippen LogP) is 7.00. The summed E-state index contributed by atoms with van der Waals surface area (Å²) in [6, 6.07) is 15.8. The van der Waals surface area contributed by atoms with Crippen molar-refractivity contribution >= 4 is 28.4 Å². The number of nitrogens with one attached hydrogen (secondary N) is 1. The Morgan fingerprint density at radius 1 is 1.11 bits per heavy atom. The Labute approximate surface area is 207 Å². The highest BCUT2D eigenvalue weighted by Crippen LogP contribution is 2.43. The van der Waals surface area contributed by atoms with Gasteiger partial charge in [0.05, 0.1) is 16.8 Å². The van der Waals surface area contributed by atoms with Crippen LogP contribution in [0, 0.1) is 11.3 Å². The molecule has 1 aliphatic carbocycles. The molecular weight excluding hydrogens is 469 g/mol. The van der Waals surface area contributed by atoms with Crippen molar-refractivity contribution in [2.75, 3.05) is 23.3 Å². The van der Waals surface area contributed by atoms with E-state index in [1.165, 1.54) is 18.5 Å². The molecule has 1 saturated heterocycles. The number of amides is 1. The number of ether oxygens (including phenoxy) is 1. The number of anilines is 2. The number of nitriles is 1. The van der Waals surface area contributed by atoms with E-state index in [1.54, 1.807) is 24.3 Å². The smallest absolute Gasteiger partial charge is 0.425 e. The molecule has 1 aliphatic heterocycles. The number of alkyl halides is 3. The van der Waals surface area contributed by atoms with Gasteiger partial charge in [-0.3, -0.25) is 5.32 Å². The lowest BCUT2D eigenvalue weighted by Gasteiger charge is -2.30. The number of hydrogen-bond donors (Lipinski definition) is 1. The van der Waals surface area contributed by atoms with E-state index < -0.39 is 18.4 Å². The molecule has 0 radical (unpaired) electrons. The summed E-state index contributed by atoms with van der Waals surface area (Å²) in [5.41, 5.74) is 4.75. The molecule has 2 aromatic carbocycles. The van der Waals surface area contributed by atoms with Crippen LogP contribution in [0.15, 0.2) is 42.5 Å². The van der Waals surface area contributed by atoms with Gasteiger partial charge in [0.1, 0.15) is 6.07 Å². The highest BCUT2D eigenvalue weighted by atomic mass is 19.4. The van der Waals surface area contributed by atoms with Crippen LogP contribution in [0.5, 0.6) is 0 Å². The molecule has 1 atom stereocenters. The Morgan fingerprint density at radius 3 is 2.39 bits per heavy atom. The van der Waals surface area contributed by atoms with Gasteiger partial charge in [0, 0.05) is 35.9 Å². The Hall–Kier alpha value is -3.67. The summed E-state index contributed by atoms with van der Waals surface area (Å²) in [6.07, 6.45) is -2.44. The second-order valence-corrected chi connectivity index (χ2v) is 9.48. The van der Waals surface area contributed by atoms with Gasteiger partial charge in [-0.05, 0) is 74.9 Å². The van der Waals surface area contributed by atoms with Crippen molar-refractivity contribution in [1.82, 2.24) is 4.57 Å². The molecule has 2 heterocycles. The second kappa shape index (κ2) is 9.41. The molecule has 2 fully saturated rings. The topological polar surface area (TPSA) is 70.3 Å². The molecule has 6 nitrogen and oxygen atoms in total. The normalized spacial score (nSPS) is 17.0. The summed E-state index contributed by atoms with van der Waals surface area (Å²) in [5, 5.41) is 13.4. The second-order valence-electron chi connectivity index (χ2n) is 9.48. The third kappa shape index (κ3) is 4.48. The largest absolute Gasteiger partial charge is 0.437 e. The minimum absolute atomic E-state index is 0.301. The number of hydrogen-bond acceptors (Lipinski definition) is 4. The van der Waals surface area contributed by atoms with Crippen LogP contribution in [0.2, 0.25) is 0 Å². The quantitative estimate of drug-likeness (QED) is 0.413. The maximum atomic E-state index is 12.7. The maximum absolute atomic E-state index is 12.7. The van der Waals surface area contributed by atoms with Crippen molar-refractivity contribution in [3.05, 3.63) is 48.0 Å². The highest BCUT2D eigenvalue weighted by molar-refractivity contribution is 5.96. The summed E-state index contributed by atoms with van der Waals surface area (Å²) >= 11 is 0. The van der Waals surface area contributed by atoms with Crippen LogP contribution in [0.3, 0.4) is 0 Å². The molecule has 9 heteroatoms. The molecule has 36 heavy (non-hydrogen) atoms. The van der Waals surface area contributed by atoms with Gasteiger partial charge in [-0.25, -0.2) is 4.79 Å². The number of benzene rings is 2. The van der Waals surface area contributed by atoms with Crippen molar-refractivity contribution < 1.29 is 22.7 Å². The fourth-order valence-corrected chi connectivity index (χ4v) is 4.98. The molecule has 1 saturated carbocycles. The minimum atomic E-state index is -4.63. The molecule has 1 N–H and O–H groups in total. The zero-order valence-electron chi connectivity index (χ0n) is 19.9. The Balaban J connectivity index is 1.48. The van der Waals surface area contributed by atoms with Gasteiger partial charge in [-0.1, -0.05) is 12.1 Å². The molecule has 2 aliphatic rings. The minimum Gasteiger partial charge on any atom is -0.437 e. The average Bonchev–Trinajstić information content (AvgIpc) is 3.44. The first kappa shape index (κ1) is 24.0. The van der Waals surface area contributed by atoms with Gasteiger partial charge < -0.3 is 14.2 Å². The highest BCUT2D eigenvalue weighted by Gasteiger charge is 2.39. The van der Waals surface area contributed by atoms with Crippen LogP contribution in [-0.4, -0.2) is 36.0 Å². The van der Waals surface area contributed by atoms with Crippen LogP contribution in [0.25, 0.3) is 22.2 Å². The number of carbonyl (C=O) groups is 1. The number of aromatic nitrogens is 1. The zero-order valence-corrected chi connectivity index (χ0v) is 19.9. The molecule has 1 amide bonds. The first-order valence-corrected chi connectivity index (χ1v) is 12.2. The van der Waals surface area contributed by atoms with Gasteiger partial charge >= 0.3 is 12.3 Å². The third-order valence-corrected chi connectivity index (χ3v) is 7.16. The van der Waals surface area contributed by atoms with Crippen LogP contribution in [0.4, 0.5) is 29.3 Å². The van der Waals surface area contributed by atoms with Gasteiger partial charge in [-0.15, -0.1) is 0 Å². The van der Waals surface area contributed by atoms with Gasteiger partial charge in [-0.2, -0.15) is 18.4 Å². The monoisotopic (exact) mass is 496 g/mol. The average molecular weight is 497 g/mol. The molecule has 1 aromatic heterocycles. The first-order valence-electron chi connectivity index (χ1n) is 12.2. The SMILES string of the molecule is C[C@@H](OC(=O)Nc1ccc(-c2c(C#N)c3ccc(N4CCCC4)cc3n2C2CCC2)cc1)C(F)(F)F. The van der Waals surface area contributed by atoms with Gasteiger partial charge in [0.2, 0.25) is 0 Å². The van der Waals surface area contributed by atoms with E-state index in [-0.39, 0.29) is 0 Å². The van der Waals surface area contributed by atoms with E-state index in [1.807, 2.05) is 6.07 Å². The Bertz CT molecular complexity index is 1310. The first-order chi connectivity index (χ1) is 17.3. The molecule has 0 bridgehead atoms. The number of rotatable bonds is 5. The molecular formula is C27H27F3N4O2. The molecule has 0 unspecified atom stereocenters. The van der Waals surface area contributed by atoms with Crippen LogP contribution >= 0.6 is 0 Å². The molecule has 3 aromatic rings. The number of nitrogens with zero attached hydrogens (tertiary/aromatic N) is 3. The lowest BCUT2D eigenvalue weighted by molar-refractivity contribution is -0.196. The van der Waals surface area contributed by atoms with Gasteiger partial charge in [0.15, 0.2) is 6.10 Å². The van der Waals surface area contributed by atoms with E-state index in [0.717, 1.165) is 61.4 Å². The van der Waals surface area contributed by atoms with E-state index in [2.05, 4.69) is 37.7 Å². The summed E-state index contributed by atoms with van der Waals surface area (Å²) in [7, 11) is 0. The maximum Gasteiger partial charge on any atom is 0.425 e. The van der Waals surface area contributed by atoms with Crippen LogP contribution in [0.1, 0.15) is 50.6 Å². The lowest BCUT2D eigenvalue weighted by atomic mass is 9.92. The van der Waals surface area contributed by atoms with E-state index in [0.29, 0.717) is 17.3 Å². The summed E-state index contributed by atoms with van der Waals surface area (Å²) in [6.45, 7) is 2.85.